The van der Waals surface area contributed by atoms with Crippen molar-refractivity contribution in [2.45, 2.75) is 64.6 Å². The Morgan fingerprint density at radius 2 is 1.91 bits per heavy atom. The van der Waals surface area contributed by atoms with E-state index >= 15 is 0 Å². The first-order valence-corrected chi connectivity index (χ1v) is 12.3. The van der Waals surface area contributed by atoms with Gasteiger partial charge in [-0.15, -0.1) is 0 Å². The van der Waals surface area contributed by atoms with Crippen molar-refractivity contribution in [3.05, 3.63) is 23.5 Å². The lowest BCUT2D eigenvalue weighted by Gasteiger charge is -2.57. The standard InChI is InChI=1S/C25H38N2O5/c1-16-5-7-21-17(2)23(32-24(31-18(3)28)25(21)20(16)9-12-30-25)22-8-6-19(26(22)4)15-27-10-13-29-14-11-27/h6,8,16-17,20-21,23-24H,5,7,9-15H2,1-4H3/t16-,17-,20+,21+,23-,24+,25-/m1/s1. The molecule has 1 spiro atoms. The average molecular weight is 447 g/mol. The van der Waals surface area contributed by atoms with Crippen LogP contribution in [0.15, 0.2) is 12.1 Å². The molecule has 0 amide bonds. The Morgan fingerprint density at radius 1 is 1.12 bits per heavy atom. The van der Waals surface area contributed by atoms with E-state index in [-0.39, 0.29) is 18.0 Å². The summed E-state index contributed by atoms with van der Waals surface area (Å²) in [6.45, 7) is 11.2. The van der Waals surface area contributed by atoms with Gasteiger partial charge < -0.3 is 23.5 Å². The second-order valence-corrected chi connectivity index (χ2v) is 10.3. The Morgan fingerprint density at radius 3 is 2.66 bits per heavy atom. The summed E-state index contributed by atoms with van der Waals surface area (Å²) in [6.07, 6.45) is 2.52. The SMILES string of the molecule is CC(=O)O[C@H]1O[C@@H](c2ccc(CN3CCOCC3)n2C)[C@H](C)[C@@H]2CC[C@@H](C)[C@@H]3CCO[C@@]123. The van der Waals surface area contributed by atoms with Crippen LogP contribution in [0.3, 0.4) is 0 Å². The fourth-order valence-electron chi connectivity index (χ4n) is 6.96. The van der Waals surface area contributed by atoms with E-state index in [1.807, 2.05) is 0 Å². The molecule has 3 saturated heterocycles. The van der Waals surface area contributed by atoms with Crippen molar-refractivity contribution in [1.82, 2.24) is 9.47 Å². The topological polar surface area (TPSA) is 62.2 Å². The molecule has 1 aromatic rings. The summed E-state index contributed by atoms with van der Waals surface area (Å²) in [6, 6.07) is 4.40. The summed E-state index contributed by atoms with van der Waals surface area (Å²) in [5, 5.41) is 0. The van der Waals surface area contributed by atoms with Crippen LogP contribution >= 0.6 is 0 Å². The molecule has 5 rings (SSSR count). The molecule has 4 aliphatic rings. The fraction of sp³-hybridized carbons (Fsp3) is 0.800. The lowest BCUT2D eigenvalue weighted by molar-refractivity contribution is -0.330. The Bertz CT molecular complexity index is 834. The van der Waals surface area contributed by atoms with Crippen LogP contribution < -0.4 is 0 Å². The molecule has 0 aromatic carbocycles. The Labute approximate surface area is 191 Å². The van der Waals surface area contributed by atoms with E-state index in [9.17, 15) is 4.79 Å². The zero-order valence-electron chi connectivity index (χ0n) is 19.9. The Hall–Kier alpha value is -1.41. The molecule has 7 heteroatoms. The Balaban J connectivity index is 1.44. The van der Waals surface area contributed by atoms with Gasteiger partial charge in [-0.3, -0.25) is 9.69 Å². The molecule has 0 unspecified atom stereocenters. The molecule has 1 aromatic heterocycles. The zero-order chi connectivity index (χ0) is 22.5. The minimum Gasteiger partial charge on any atom is -0.433 e. The molecule has 0 bridgehead atoms. The quantitative estimate of drug-likeness (QED) is 0.662. The largest absolute Gasteiger partial charge is 0.433 e. The van der Waals surface area contributed by atoms with Crippen LogP contribution in [-0.4, -0.2) is 60.2 Å². The lowest BCUT2D eigenvalue weighted by Crippen LogP contribution is -2.64. The number of aromatic nitrogens is 1. The normalized spacial score (nSPS) is 40.0. The number of carbonyl (C=O) groups excluding carboxylic acids is 1. The molecule has 7 atom stereocenters. The van der Waals surface area contributed by atoms with Crippen molar-refractivity contribution in [3.8, 4) is 0 Å². The molecule has 178 valence electrons. The summed E-state index contributed by atoms with van der Waals surface area (Å²) in [5.41, 5.74) is 1.91. The highest BCUT2D eigenvalue weighted by Crippen LogP contribution is 2.59. The van der Waals surface area contributed by atoms with Crippen LogP contribution in [-0.2, 0) is 37.3 Å². The first-order chi connectivity index (χ1) is 15.4. The summed E-state index contributed by atoms with van der Waals surface area (Å²) in [4.78, 5) is 14.5. The zero-order valence-corrected chi connectivity index (χ0v) is 19.9. The third kappa shape index (κ3) is 3.61. The third-order valence-electron chi connectivity index (χ3n) is 8.63. The van der Waals surface area contributed by atoms with Crippen LogP contribution in [0.25, 0.3) is 0 Å². The van der Waals surface area contributed by atoms with Gasteiger partial charge in [-0.05, 0) is 55.1 Å². The molecule has 7 nitrogen and oxygen atoms in total. The van der Waals surface area contributed by atoms with Crippen molar-refractivity contribution >= 4 is 5.97 Å². The van der Waals surface area contributed by atoms with E-state index in [0.29, 0.717) is 17.8 Å². The van der Waals surface area contributed by atoms with Crippen molar-refractivity contribution < 1.29 is 23.7 Å². The van der Waals surface area contributed by atoms with E-state index in [0.717, 1.165) is 58.0 Å². The van der Waals surface area contributed by atoms with Gasteiger partial charge in [0.25, 0.3) is 0 Å². The molecule has 1 saturated carbocycles. The number of nitrogens with zero attached hydrogens (tertiary/aromatic N) is 2. The molecule has 0 radical (unpaired) electrons. The number of rotatable bonds is 4. The van der Waals surface area contributed by atoms with E-state index in [2.05, 4.69) is 42.5 Å². The number of ether oxygens (including phenoxy) is 4. The maximum Gasteiger partial charge on any atom is 0.305 e. The van der Waals surface area contributed by atoms with Crippen molar-refractivity contribution in [1.29, 1.82) is 0 Å². The smallest absolute Gasteiger partial charge is 0.305 e. The van der Waals surface area contributed by atoms with E-state index in [1.165, 1.54) is 19.0 Å². The van der Waals surface area contributed by atoms with Gasteiger partial charge in [0.2, 0.25) is 6.29 Å². The van der Waals surface area contributed by atoms with Crippen LogP contribution in [0.4, 0.5) is 0 Å². The minimum atomic E-state index is -0.654. The van der Waals surface area contributed by atoms with E-state index < -0.39 is 11.9 Å². The lowest BCUT2D eigenvalue weighted by atomic mass is 9.58. The van der Waals surface area contributed by atoms with Gasteiger partial charge >= 0.3 is 5.97 Å². The van der Waals surface area contributed by atoms with Crippen molar-refractivity contribution in [2.75, 3.05) is 32.9 Å². The van der Waals surface area contributed by atoms with Gasteiger partial charge in [0.1, 0.15) is 11.7 Å². The van der Waals surface area contributed by atoms with Crippen LogP contribution in [0.5, 0.6) is 0 Å². The predicted molar refractivity (Wildman–Crippen MR) is 119 cm³/mol. The predicted octanol–water partition coefficient (Wildman–Crippen LogP) is 3.28. The number of esters is 1. The van der Waals surface area contributed by atoms with Gasteiger partial charge in [-0.2, -0.15) is 0 Å². The minimum absolute atomic E-state index is 0.128. The first kappa shape index (κ1) is 22.4. The summed E-state index contributed by atoms with van der Waals surface area (Å²) < 4.78 is 26.8. The molecule has 3 aliphatic heterocycles. The Kier molecular flexibility index (Phi) is 6.12. The average Bonchev–Trinajstić information content (AvgIpc) is 3.37. The van der Waals surface area contributed by atoms with Crippen molar-refractivity contribution in [3.63, 3.8) is 0 Å². The van der Waals surface area contributed by atoms with Crippen LogP contribution in [0.1, 0.15) is 57.5 Å². The fourth-order valence-corrected chi connectivity index (χ4v) is 6.96. The molecule has 4 fully saturated rings. The van der Waals surface area contributed by atoms with Crippen LogP contribution in [0.2, 0.25) is 0 Å². The first-order valence-electron chi connectivity index (χ1n) is 12.3. The molecule has 0 N–H and O–H groups in total. The summed E-state index contributed by atoms with van der Waals surface area (Å²) >= 11 is 0. The van der Waals surface area contributed by atoms with Crippen LogP contribution in [0, 0.1) is 23.7 Å². The van der Waals surface area contributed by atoms with Gasteiger partial charge in [0, 0.05) is 51.6 Å². The number of hydrogen-bond donors (Lipinski definition) is 0. The molecule has 1 aliphatic carbocycles. The van der Waals surface area contributed by atoms with Crippen molar-refractivity contribution in [2.24, 2.45) is 30.7 Å². The maximum atomic E-state index is 12.1. The maximum absolute atomic E-state index is 12.1. The highest BCUT2D eigenvalue weighted by Gasteiger charge is 2.65. The van der Waals surface area contributed by atoms with Gasteiger partial charge in [-0.25, -0.2) is 0 Å². The molecular formula is C25H38N2O5. The van der Waals surface area contributed by atoms with E-state index in [1.54, 1.807) is 0 Å². The highest BCUT2D eigenvalue weighted by atomic mass is 16.7. The van der Waals surface area contributed by atoms with Gasteiger partial charge in [-0.1, -0.05) is 13.8 Å². The summed E-state index contributed by atoms with van der Waals surface area (Å²) in [5.74, 6) is 1.21. The van der Waals surface area contributed by atoms with Gasteiger partial charge in [0.05, 0.1) is 13.2 Å². The molecular weight excluding hydrogens is 408 g/mol. The third-order valence-corrected chi connectivity index (χ3v) is 8.63. The molecule has 32 heavy (non-hydrogen) atoms. The van der Waals surface area contributed by atoms with Gasteiger partial charge in [0.15, 0.2) is 0 Å². The molecule has 4 heterocycles. The highest BCUT2D eigenvalue weighted by molar-refractivity contribution is 5.66. The number of morpholine rings is 1. The second kappa shape index (κ2) is 8.75. The second-order valence-electron chi connectivity index (χ2n) is 10.3. The number of hydrogen-bond acceptors (Lipinski definition) is 6. The monoisotopic (exact) mass is 446 g/mol. The number of carbonyl (C=O) groups is 1. The van der Waals surface area contributed by atoms with E-state index in [4.69, 9.17) is 18.9 Å². The summed E-state index contributed by atoms with van der Waals surface area (Å²) in [7, 11) is 2.13.